The summed E-state index contributed by atoms with van der Waals surface area (Å²) in [6, 6.07) is 14.7. The molecule has 0 saturated carbocycles. The first-order valence-corrected chi connectivity index (χ1v) is 7.99. The predicted molar refractivity (Wildman–Crippen MR) is 77.2 cm³/mol. The van der Waals surface area contributed by atoms with Gasteiger partial charge >= 0.3 is 0 Å². The molecule has 0 fully saturated rings. The van der Waals surface area contributed by atoms with Crippen LogP contribution >= 0.6 is 21.6 Å². The number of pyridine rings is 1. The van der Waals surface area contributed by atoms with Gasteiger partial charge in [-0.05, 0) is 40.5 Å². The Balaban J connectivity index is 1.90. The highest BCUT2D eigenvalue weighted by molar-refractivity contribution is 8.76. The SMILES string of the molecule is CCc1ccccc1CSSc1ccccn1. The van der Waals surface area contributed by atoms with Crippen LogP contribution in [0.1, 0.15) is 18.1 Å². The summed E-state index contributed by atoms with van der Waals surface area (Å²) in [6.45, 7) is 2.20. The van der Waals surface area contributed by atoms with E-state index in [1.54, 1.807) is 10.8 Å². The van der Waals surface area contributed by atoms with E-state index in [-0.39, 0.29) is 0 Å². The van der Waals surface area contributed by atoms with Crippen LogP contribution in [0.25, 0.3) is 0 Å². The Bertz CT molecular complexity index is 457. The van der Waals surface area contributed by atoms with E-state index in [9.17, 15) is 0 Å². The Morgan fingerprint density at radius 1 is 1.00 bits per heavy atom. The van der Waals surface area contributed by atoms with Gasteiger partial charge in [-0.1, -0.05) is 48.0 Å². The molecule has 1 aromatic heterocycles. The molecular formula is C14H15NS2. The molecule has 1 heterocycles. The van der Waals surface area contributed by atoms with E-state index in [2.05, 4.69) is 36.2 Å². The molecule has 1 aromatic carbocycles. The summed E-state index contributed by atoms with van der Waals surface area (Å²) in [6.07, 6.45) is 2.94. The molecule has 0 atom stereocenters. The predicted octanol–water partition coefficient (Wildman–Crippen LogP) is 4.58. The van der Waals surface area contributed by atoms with E-state index in [1.165, 1.54) is 11.1 Å². The number of rotatable bonds is 5. The number of hydrogen-bond donors (Lipinski definition) is 0. The first-order valence-electron chi connectivity index (χ1n) is 5.67. The van der Waals surface area contributed by atoms with Crippen LogP contribution in [0.2, 0.25) is 0 Å². The summed E-state index contributed by atoms with van der Waals surface area (Å²) in [4.78, 5) is 4.29. The van der Waals surface area contributed by atoms with Gasteiger partial charge in [0.15, 0.2) is 0 Å². The maximum Gasteiger partial charge on any atom is 0.106 e. The van der Waals surface area contributed by atoms with Crippen LogP contribution in [-0.2, 0) is 12.2 Å². The van der Waals surface area contributed by atoms with Gasteiger partial charge in [-0.25, -0.2) is 4.98 Å². The van der Waals surface area contributed by atoms with Gasteiger partial charge in [0.1, 0.15) is 5.03 Å². The molecule has 88 valence electrons. The third kappa shape index (κ3) is 3.79. The molecule has 0 spiro atoms. The molecule has 0 unspecified atom stereocenters. The van der Waals surface area contributed by atoms with Crippen molar-refractivity contribution in [3.05, 3.63) is 59.8 Å². The molecule has 0 amide bonds. The van der Waals surface area contributed by atoms with Crippen LogP contribution in [0.3, 0.4) is 0 Å². The Labute approximate surface area is 110 Å². The largest absolute Gasteiger partial charge is 0.249 e. The van der Waals surface area contributed by atoms with Crippen LogP contribution in [0, 0.1) is 0 Å². The van der Waals surface area contributed by atoms with Crippen LogP contribution in [0.4, 0.5) is 0 Å². The molecule has 2 aromatic rings. The molecular weight excluding hydrogens is 246 g/mol. The highest BCUT2D eigenvalue weighted by Crippen LogP contribution is 2.32. The lowest BCUT2D eigenvalue weighted by Gasteiger charge is -2.06. The lowest BCUT2D eigenvalue weighted by atomic mass is 10.1. The highest BCUT2D eigenvalue weighted by atomic mass is 33.1. The van der Waals surface area contributed by atoms with Crippen molar-refractivity contribution in [1.29, 1.82) is 0 Å². The first kappa shape index (κ1) is 12.5. The Morgan fingerprint density at radius 2 is 1.76 bits per heavy atom. The van der Waals surface area contributed by atoms with Crippen LogP contribution in [0.15, 0.2) is 53.7 Å². The van der Waals surface area contributed by atoms with Gasteiger partial charge < -0.3 is 0 Å². The summed E-state index contributed by atoms with van der Waals surface area (Å²) >= 11 is 0. The average Bonchev–Trinajstić information content (AvgIpc) is 2.40. The Kier molecular flexibility index (Phi) is 4.95. The second kappa shape index (κ2) is 6.72. The quantitative estimate of drug-likeness (QED) is 0.731. The topological polar surface area (TPSA) is 12.9 Å². The monoisotopic (exact) mass is 261 g/mol. The van der Waals surface area contributed by atoms with Crippen molar-refractivity contribution in [2.24, 2.45) is 0 Å². The number of hydrogen-bond acceptors (Lipinski definition) is 3. The summed E-state index contributed by atoms with van der Waals surface area (Å²) in [5.74, 6) is 1.03. The zero-order chi connectivity index (χ0) is 11.9. The minimum atomic E-state index is 1.03. The molecule has 0 bridgehead atoms. The fraction of sp³-hybridized carbons (Fsp3) is 0.214. The zero-order valence-corrected chi connectivity index (χ0v) is 11.4. The molecule has 0 N–H and O–H groups in total. The smallest absolute Gasteiger partial charge is 0.106 e. The third-order valence-corrected chi connectivity index (χ3v) is 4.67. The van der Waals surface area contributed by atoms with Crippen molar-refractivity contribution in [3.8, 4) is 0 Å². The maximum absolute atomic E-state index is 4.29. The summed E-state index contributed by atoms with van der Waals surface area (Å²) in [7, 11) is 3.58. The summed E-state index contributed by atoms with van der Waals surface area (Å²) in [5.41, 5.74) is 2.88. The number of aromatic nitrogens is 1. The molecule has 2 rings (SSSR count). The van der Waals surface area contributed by atoms with Gasteiger partial charge in [0.2, 0.25) is 0 Å². The second-order valence-electron chi connectivity index (χ2n) is 3.64. The van der Waals surface area contributed by atoms with Crippen molar-refractivity contribution < 1.29 is 0 Å². The van der Waals surface area contributed by atoms with E-state index in [0.29, 0.717) is 0 Å². The minimum Gasteiger partial charge on any atom is -0.249 e. The molecule has 0 aliphatic heterocycles. The standard InChI is InChI=1S/C14H15NS2/c1-2-12-7-3-4-8-13(12)11-16-17-14-9-5-6-10-15-14/h3-10H,2,11H2,1H3. The molecule has 3 heteroatoms. The lowest BCUT2D eigenvalue weighted by molar-refractivity contribution is 1.10. The van der Waals surface area contributed by atoms with Crippen molar-refractivity contribution in [2.45, 2.75) is 24.1 Å². The van der Waals surface area contributed by atoms with Crippen LogP contribution < -0.4 is 0 Å². The van der Waals surface area contributed by atoms with Crippen molar-refractivity contribution in [2.75, 3.05) is 0 Å². The van der Waals surface area contributed by atoms with E-state index < -0.39 is 0 Å². The molecule has 0 aliphatic carbocycles. The molecule has 0 saturated heterocycles. The number of aryl methyl sites for hydroxylation is 1. The maximum atomic E-state index is 4.29. The minimum absolute atomic E-state index is 1.03. The lowest BCUT2D eigenvalue weighted by Crippen LogP contribution is -1.88. The van der Waals surface area contributed by atoms with Crippen molar-refractivity contribution in [1.82, 2.24) is 4.98 Å². The van der Waals surface area contributed by atoms with Crippen molar-refractivity contribution >= 4 is 21.6 Å². The normalized spacial score (nSPS) is 10.4. The Hall–Kier alpha value is -0.930. The highest BCUT2D eigenvalue weighted by Gasteiger charge is 2.01. The fourth-order valence-electron chi connectivity index (χ4n) is 1.59. The van der Waals surface area contributed by atoms with Crippen molar-refractivity contribution in [3.63, 3.8) is 0 Å². The van der Waals surface area contributed by atoms with Gasteiger partial charge in [0.25, 0.3) is 0 Å². The van der Waals surface area contributed by atoms with E-state index in [0.717, 1.165) is 17.2 Å². The molecule has 1 nitrogen and oxygen atoms in total. The number of nitrogens with zero attached hydrogens (tertiary/aromatic N) is 1. The Morgan fingerprint density at radius 3 is 2.47 bits per heavy atom. The average molecular weight is 261 g/mol. The summed E-state index contributed by atoms with van der Waals surface area (Å²) in [5, 5.41) is 1.08. The van der Waals surface area contributed by atoms with E-state index >= 15 is 0 Å². The second-order valence-corrected chi connectivity index (χ2v) is 5.95. The molecule has 0 radical (unpaired) electrons. The zero-order valence-electron chi connectivity index (χ0n) is 9.80. The fourth-order valence-corrected chi connectivity index (χ4v) is 3.63. The molecule has 17 heavy (non-hydrogen) atoms. The van der Waals surface area contributed by atoms with Gasteiger partial charge in [-0.2, -0.15) is 0 Å². The van der Waals surface area contributed by atoms with Crippen LogP contribution in [0.5, 0.6) is 0 Å². The van der Waals surface area contributed by atoms with Gasteiger partial charge in [-0.15, -0.1) is 0 Å². The van der Waals surface area contributed by atoms with E-state index in [1.807, 2.05) is 35.2 Å². The first-order chi connectivity index (χ1) is 8.40. The van der Waals surface area contributed by atoms with E-state index in [4.69, 9.17) is 0 Å². The van der Waals surface area contributed by atoms with Crippen LogP contribution in [-0.4, -0.2) is 4.98 Å². The van der Waals surface area contributed by atoms with Gasteiger partial charge in [0, 0.05) is 11.9 Å². The summed E-state index contributed by atoms with van der Waals surface area (Å²) < 4.78 is 0. The van der Waals surface area contributed by atoms with Gasteiger partial charge in [-0.3, -0.25) is 0 Å². The van der Waals surface area contributed by atoms with Gasteiger partial charge in [0.05, 0.1) is 0 Å². The third-order valence-electron chi connectivity index (χ3n) is 2.50. The number of benzene rings is 1. The molecule has 0 aliphatic rings.